The zero-order valence-electron chi connectivity index (χ0n) is 46.2. The van der Waals surface area contributed by atoms with Gasteiger partial charge < -0.3 is 78.7 Å². The van der Waals surface area contributed by atoms with E-state index in [0.717, 1.165) is 0 Å². The topological polar surface area (TPSA) is 410 Å². The number of phenols is 1. The molecule has 6 rings (SSSR count). The fraction of sp³-hybridized carbons (Fsp3) is 0.491. The number of primary amides is 1. The number of imidazole rings is 1. The number of aromatic amines is 2. The van der Waals surface area contributed by atoms with Crippen LogP contribution in [-0.2, 0) is 72.0 Å². The SMILES string of the molecule is CCNC(=O)[C@@H]1CCCN1C(=O)[C@H](CCC(N)=O)NC(=O)[C@H](CC(C)C)NC(=O)[C@@H](C)NC(=O)[C@H](Cc1ccc(O)cc1)NC(=O)[C@H](CO)NC(=O)[C@H](Cc1c[nH]c2ccccc12)NC(=O)[C@H](Cc1cnc[nH]1)NC(=O)[C@@H]1CCC(=O)N1. The van der Waals surface area contributed by atoms with Crippen molar-refractivity contribution in [2.45, 2.75) is 146 Å². The van der Waals surface area contributed by atoms with Crippen LogP contribution in [0.4, 0.5) is 0 Å². The van der Waals surface area contributed by atoms with Gasteiger partial charge >= 0.3 is 0 Å². The lowest BCUT2D eigenvalue weighted by atomic mass is 10.0. The highest BCUT2D eigenvalue weighted by molar-refractivity contribution is 5.99. The maximum atomic E-state index is 14.5. The minimum Gasteiger partial charge on any atom is -0.508 e. The molecule has 2 saturated heterocycles. The third-order valence-corrected chi connectivity index (χ3v) is 14.1. The normalized spacial score (nSPS) is 17.4. The van der Waals surface area contributed by atoms with E-state index in [1.807, 2.05) is 0 Å². The summed E-state index contributed by atoms with van der Waals surface area (Å²) in [6.45, 7) is 6.18. The molecular weight excluding hydrogens is 1060 g/mol. The molecule has 27 heteroatoms. The summed E-state index contributed by atoms with van der Waals surface area (Å²) in [5.41, 5.74) is 7.60. The van der Waals surface area contributed by atoms with Crippen molar-refractivity contribution in [3.63, 3.8) is 0 Å². The smallest absolute Gasteiger partial charge is 0.245 e. The van der Waals surface area contributed by atoms with Crippen molar-refractivity contribution in [3.05, 3.63) is 84.1 Å². The van der Waals surface area contributed by atoms with Gasteiger partial charge in [0.15, 0.2) is 0 Å². The number of nitrogens with two attached hydrogens (primary N) is 1. The molecule has 2 aromatic carbocycles. The number of amides is 11. The van der Waals surface area contributed by atoms with Crippen LogP contribution in [-0.4, -0.2) is 169 Å². The first kappa shape index (κ1) is 62.3. The molecule has 4 aromatic rings. The molecule has 2 aliphatic heterocycles. The zero-order chi connectivity index (χ0) is 59.6. The van der Waals surface area contributed by atoms with Crippen LogP contribution in [0.15, 0.2) is 67.3 Å². The number of rotatable bonds is 29. The van der Waals surface area contributed by atoms with Crippen molar-refractivity contribution in [1.82, 2.24) is 67.7 Å². The van der Waals surface area contributed by atoms with Crippen molar-refractivity contribution in [3.8, 4) is 5.75 Å². The van der Waals surface area contributed by atoms with E-state index in [1.54, 1.807) is 51.2 Å². The highest BCUT2D eigenvalue weighted by Gasteiger charge is 2.40. The van der Waals surface area contributed by atoms with Crippen molar-refractivity contribution in [2.24, 2.45) is 11.7 Å². The number of aromatic hydroxyl groups is 1. The molecule has 0 aliphatic carbocycles. The second kappa shape index (κ2) is 29.5. The molecule has 27 nitrogen and oxygen atoms in total. The van der Waals surface area contributed by atoms with Crippen LogP contribution >= 0.6 is 0 Å². The summed E-state index contributed by atoms with van der Waals surface area (Å²) in [6, 6.07) is 1.13. The Morgan fingerprint density at radius 2 is 1.34 bits per heavy atom. The van der Waals surface area contributed by atoms with Crippen LogP contribution in [0.25, 0.3) is 10.9 Å². The summed E-state index contributed by atoms with van der Waals surface area (Å²) in [7, 11) is 0. The summed E-state index contributed by atoms with van der Waals surface area (Å²) in [5.74, 6) is -8.35. The number of aliphatic hydroxyl groups excluding tert-OH is 1. The van der Waals surface area contributed by atoms with Gasteiger partial charge in [-0.2, -0.15) is 0 Å². The van der Waals surface area contributed by atoms with Crippen molar-refractivity contribution >= 4 is 75.9 Å². The van der Waals surface area contributed by atoms with Gasteiger partial charge in [0.2, 0.25) is 65.0 Å². The Labute approximate surface area is 472 Å². The lowest BCUT2D eigenvalue weighted by molar-refractivity contribution is -0.142. The fourth-order valence-corrected chi connectivity index (χ4v) is 9.72. The lowest BCUT2D eigenvalue weighted by Gasteiger charge is -2.30. The Balaban J connectivity index is 1.18. The number of fused-ring (bicyclic) bond motifs is 1. The minimum atomic E-state index is -1.75. The molecule has 4 heterocycles. The van der Waals surface area contributed by atoms with Crippen LogP contribution in [0, 0.1) is 5.92 Å². The van der Waals surface area contributed by atoms with E-state index in [9.17, 15) is 63.0 Å². The Kier molecular flexibility index (Phi) is 22.5. The van der Waals surface area contributed by atoms with E-state index < -0.39 is 114 Å². The number of hydrogen-bond donors (Lipinski definition) is 14. The van der Waals surface area contributed by atoms with Crippen LogP contribution in [0.1, 0.15) is 89.5 Å². The third-order valence-electron chi connectivity index (χ3n) is 14.1. The monoisotopic (exact) mass is 1140 g/mol. The van der Waals surface area contributed by atoms with Crippen molar-refractivity contribution < 1.29 is 63.0 Å². The summed E-state index contributed by atoms with van der Waals surface area (Å²) >= 11 is 0. The van der Waals surface area contributed by atoms with E-state index in [2.05, 4.69) is 62.8 Å². The predicted molar refractivity (Wildman–Crippen MR) is 295 cm³/mol. The van der Waals surface area contributed by atoms with Gasteiger partial charge in [0.25, 0.3) is 0 Å². The highest BCUT2D eigenvalue weighted by atomic mass is 16.3. The molecule has 11 amide bonds. The van der Waals surface area contributed by atoms with Gasteiger partial charge in [-0.05, 0) is 81.2 Å². The average Bonchev–Trinajstić information content (AvgIpc) is 4.49. The van der Waals surface area contributed by atoms with E-state index in [4.69, 9.17) is 5.73 Å². The summed E-state index contributed by atoms with van der Waals surface area (Å²) in [5, 5.41) is 44.9. The number of nitrogens with zero attached hydrogens (tertiary/aromatic N) is 2. The zero-order valence-corrected chi connectivity index (χ0v) is 46.2. The lowest BCUT2D eigenvalue weighted by Crippen LogP contribution is -2.61. The Morgan fingerprint density at radius 3 is 1.98 bits per heavy atom. The quantitative estimate of drug-likeness (QED) is 0.0273. The van der Waals surface area contributed by atoms with Gasteiger partial charge in [0.05, 0.1) is 12.9 Å². The predicted octanol–water partition coefficient (Wildman–Crippen LogP) is -2.25. The second-order valence-electron chi connectivity index (χ2n) is 20.9. The van der Waals surface area contributed by atoms with Gasteiger partial charge in [0, 0.05) is 74.2 Å². The number of para-hydroxylation sites is 1. The number of aromatic nitrogens is 3. The van der Waals surface area contributed by atoms with E-state index in [0.29, 0.717) is 47.1 Å². The Morgan fingerprint density at radius 1 is 0.720 bits per heavy atom. The minimum absolute atomic E-state index is 0.0595. The molecule has 2 aromatic heterocycles. The number of likely N-dealkylation sites (N-methyl/N-ethyl adjacent to an activating group) is 1. The van der Waals surface area contributed by atoms with Crippen molar-refractivity contribution in [1.29, 1.82) is 0 Å². The summed E-state index contributed by atoms with van der Waals surface area (Å²) < 4.78 is 0. The first-order valence-corrected chi connectivity index (χ1v) is 27.3. The van der Waals surface area contributed by atoms with E-state index >= 15 is 0 Å². The number of likely N-dealkylation sites (tertiary alicyclic amines) is 1. The van der Waals surface area contributed by atoms with Gasteiger partial charge in [-0.1, -0.05) is 44.2 Å². The maximum absolute atomic E-state index is 14.5. The number of aliphatic hydroxyl groups is 1. The molecule has 82 heavy (non-hydrogen) atoms. The number of hydrogen-bond acceptors (Lipinski definition) is 14. The largest absolute Gasteiger partial charge is 0.508 e. The van der Waals surface area contributed by atoms with Gasteiger partial charge in [-0.25, -0.2) is 4.98 Å². The number of carbonyl (C=O) groups excluding carboxylic acids is 11. The third kappa shape index (κ3) is 17.6. The molecule has 2 aliphatic rings. The first-order valence-electron chi connectivity index (χ1n) is 27.3. The summed E-state index contributed by atoms with van der Waals surface area (Å²) in [6.07, 6.45) is 4.76. The molecule has 0 spiro atoms. The van der Waals surface area contributed by atoms with Crippen LogP contribution in [0.5, 0.6) is 5.75 Å². The Hall–Kier alpha value is -8.88. The molecule has 0 saturated carbocycles. The molecule has 0 radical (unpaired) electrons. The molecule has 0 unspecified atom stereocenters. The first-order chi connectivity index (χ1) is 39.1. The molecule has 442 valence electrons. The van der Waals surface area contributed by atoms with Crippen molar-refractivity contribution in [2.75, 3.05) is 19.7 Å². The Bertz CT molecular complexity index is 2930. The maximum Gasteiger partial charge on any atom is 0.245 e. The van der Waals surface area contributed by atoms with E-state index in [-0.39, 0.29) is 81.4 Å². The van der Waals surface area contributed by atoms with Gasteiger partial charge in [-0.3, -0.25) is 52.7 Å². The molecule has 2 fully saturated rings. The van der Waals surface area contributed by atoms with Crippen LogP contribution in [0.3, 0.4) is 0 Å². The number of benzene rings is 2. The van der Waals surface area contributed by atoms with Crippen LogP contribution in [0.2, 0.25) is 0 Å². The summed E-state index contributed by atoms with van der Waals surface area (Å²) in [4.78, 5) is 160. The molecule has 0 bridgehead atoms. The van der Waals surface area contributed by atoms with E-state index in [1.165, 1.54) is 48.6 Å². The number of phenolic OH excluding ortho intramolecular Hbond substituents is 1. The fourth-order valence-electron chi connectivity index (χ4n) is 9.72. The highest BCUT2D eigenvalue weighted by Crippen LogP contribution is 2.22. The van der Waals surface area contributed by atoms with Gasteiger partial charge in [0.1, 0.15) is 60.1 Å². The average molecular weight is 1140 g/mol. The van der Waals surface area contributed by atoms with Gasteiger partial charge in [-0.15, -0.1) is 0 Å². The second-order valence-corrected chi connectivity index (χ2v) is 20.9. The molecule has 9 atom stereocenters. The molecular formula is C55H74N14O13. The number of carbonyl (C=O) groups is 11. The number of H-pyrrole nitrogens is 2. The number of nitrogens with one attached hydrogen (secondary N) is 11. The molecule has 15 N–H and O–H groups in total. The standard InChI is InChI=1S/C55H74N14O13/c1-5-58-54(81)44-11-8-20-69(44)55(82)38(16-18-45(56)72)63-50(77)39(21-29(2)3)64-47(74)30(4)61-49(76)40(22-31-12-14-34(71)15-13-31)65-53(80)43(27-70)68-51(78)41(23-32-25-59-36-10-7-6-9-35(32)36)66-52(79)42(24-33-26-57-28-60-33)67-48(75)37-17-19-46(73)62-37/h6-7,9-10,12-15,25-26,28-30,37-44,59,70-71H,5,8,11,16-24,27H2,1-4H3,(H2,56,72)(H,57,60)(H,58,81)(H,61,76)(H,62,73)(H,63,77)(H,64,74)(H,65,80)(H,66,79)(H,67,75)(H,68,78)/t30-,37+,38+,39+,40+,41+,42+,43+,44+/m1/s1. The van der Waals surface area contributed by atoms with Crippen LogP contribution < -0.4 is 53.6 Å².